The molecule has 4 heteroatoms. The molecule has 108 valence electrons. The first-order valence-electron chi connectivity index (χ1n) is 6.89. The quantitative estimate of drug-likeness (QED) is 0.736. The van der Waals surface area contributed by atoms with Crippen molar-refractivity contribution in [3.05, 3.63) is 59.2 Å². The van der Waals surface area contributed by atoms with Gasteiger partial charge in [0, 0.05) is 34.8 Å². The highest BCUT2D eigenvalue weighted by Crippen LogP contribution is 2.26. The van der Waals surface area contributed by atoms with Gasteiger partial charge in [-0.15, -0.1) is 0 Å². The van der Waals surface area contributed by atoms with Gasteiger partial charge in [0.25, 0.3) is 0 Å². The van der Waals surface area contributed by atoms with Crippen LogP contribution in [0.15, 0.2) is 59.2 Å². The van der Waals surface area contributed by atoms with Crippen molar-refractivity contribution in [1.82, 2.24) is 4.57 Å². The Bertz CT molecular complexity index is 734. The Balaban J connectivity index is 1.69. The molecule has 0 saturated heterocycles. The van der Waals surface area contributed by atoms with E-state index >= 15 is 0 Å². The van der Waals surface area contributed by atoms with Crippen LogP contribution >= 0.6 is 15.9 Å². The number of halogens is 1. The van der Waals surface area contributed by atoms with Gasteiger partial charge in [0.2, 0.25) is 0 Å². The summed E-state index contributed by atoms with van der Waals surface area (Å²) in [6, 6.07) is 16.5. The van der Waals surface area contributed by atoms with E-state index < -0.39 is 0 Å². The predicted molar refractivity (Wildman–Crippen MR) is 91.1 cm³/mol. The van der Waals surface area contributed by atoms with Crippen LogP contribution in [0.3, 0.4) is 0 Å². The summed E-state index contributed by atoms with van der Waals surface area (Å²) >= 11 is 3.44. The van der Waals surface area contributed by atoms with Crippen LogP contribution in [0.5, 0.6) is 5.75 Å². The Hall–Kier alpha value is -1.94. The highest BCUT2D eigenvalue weighted by Gasteiger charge is 2.05. The van der Waals surface area contributed by atoms with Crippen molar-refractivity contribution in [3.8, 4) is 5.75 Å². The first-order valence-corrected chi connectivity index (χ1v) is 7.68. The zero-order valence-electron chi connectivity index (χ0n) is 11.8. The summed E-state index contributed by atoms with van der Waals surface area (Å²) in [7, 11) is 1.71. The molecule has 1 aromatic heterocycles. The Labute approximate surface area is 132 Å². The van der Waals surface area contributed by atoms with Crippen molar-refractivity contribution >= 4 is 32.5 Å². The third-order valence-electron chi connectivity index (χ3n) is 3.52. The lowest BCUT2D eigenvalue weighted by atomic mass is 10.2. The molecule has 0 bridgehead atoms. The normalized spacial score (nSPS) is 10.8. The molecular formula is C17H17BrN2O. The van der Waals surface area contributed by atoms with Crippen molar-refractivity contribution in [2.45, 2.75) is 6.54 Å². The fourth-order valence-electron chi connectivity index (χ4n) is 2.46. The number of fused-ring (bicyclic) bond motifs is 1. The molecule has 0 spiro atoms. The topological polar surface area (TPSA) is 26.2 Å². The van der Waals surface area contributed by atoms with Crippen LogP contribution < -0.4 is 10.1 Å². The van der Waals surface area contributed by atoms with Crippen molar-refractivity contribution < 1.29 is 4.74 Å². The molecule has 21 heavy (non-hydrogen) atoms. The third-order valence-corrected chi connectivity index (χ3v) is 4.05. The van der Waals surface area contributed by atoms with E-state index in [4.69, 9.17) is 4.74 Å². The number of hydrogen-bond acceptors (Lipinski definition) is 2. The molecule has 0 amide bonds. The van der Waals surface area contributed by atoms with Gasteiger partial charge in [0.1, 0.15) is 5.75 Å². The molecule has 0 atom stereocenters. The van der Waals surface area contributed by atoms with Gasteiger partial charge in [0.15, 0.2) is 0 Å². The monoisotopic (exact) mass is 344 g/mol. The smallest absolute Gasteiger partial charge is 0.128 e. The van der Waals surface area contributed by atoms with Gasteiger partial charge in [-0.1, -0.05) is 22.0 Å². The maximum Gasteiger partial charge on any atom is 0.128 e. The van der Waals surface area contributed by atoms with E-state index in [0.29, 0.717) is 0 Å². The van der Waals surface area contributed by atoms with Crippen LogP contribution in [0.4, 0.5) is 5.69 Å². The highest BCUT2D eigenvalue weighted by atomic mass is 79.9. The zero-order valence-corrected chi connectivity index (χ0v) is 13.4. The number of ether oxygens (including phenoxy) is 1. The SMILES string of the molecule is COc1cccc2c1ccn2CCNc1ccc(Br)cc1. The molecule has 0 fully saturated rings. The lowest BCUT2D eigenvalue weighted by molar-refractivity contribution is 0.420. The number of methoxy groups -OCH3 is 1. The van der Waals surface area contributed by atoms with E-state index in [0.717, 1.165) is 34.4 Å². The van der Waals surface area contributed by atoms with E-state index in [2.05, 4.69) is 56.3 Å². The minimum absolute atomic E-state index is 0.878. The van der Waals surface area contributed by atoms with Gasteiger partial charge in [-0.25, -0.2) is 0 Å². The summed E-state index contributed by atoms with van der Waals surface area (Å²) < 4.78 is 8.73. The van der Waals surface area contributed by atoms with Crippen molar-refractivity contribution in [2.24, 2.45) is 0 Å². The number of nitrogens with one attached hydrogen (secondary N) is 1. The molecule has 0 aliphatic rings. The fourth-order valence-corrected chi connectivity index (χ4v) is 2.72. The average Bonchev–Trinajstić information content (AvgIpc) is 2.92. The largest absolute Gasteiger partial charge is 0.496 e. The third kappa shape index (κ3) is 3.05. The molecule has 3 aromatic rings. The maximum absolute atomic E-state index is 5.39. The van der Waals surface area contributed by atoms with Crippen molar-refractivity contribution in [1.29, 1.82) is 0 Å². The number of nitrogens with zero attached hydrogens (tertiary/aromatic N) is 1. The summed E-state index contributed by atoms with van der Waals surface area (Å²) in [5.41, 5.74) is 2.33. The Morgan fingerprint density at radius 2 is 1.90 bits per heavy atom. The minimum atomic E-state index is 0.878. The summed E-state index contributed by atoms with van der Waals surface area (Å²) in [6.07, 6.45) is 2.11. The van der Waals surface area contributed by atoms with Gasteiger partial charge < -0.3 is 14.6 Å². The summed E-state index contributed by atoms with van der Waals surface area (Å²) in [5.74, 6) is 0.923. The minimum Gasteiger partial charge on any atom is -0.496 e. The highest BCUT2D eigenvalue weighted by molar-refractivity contribution is 9.10. The van der Waals surface area contributed by atoms with E-state index in [9.17, 15) is 0 Å². The standard InChI is InChI=1S/C17H17BrN2O/c1-21-17-4-2-3-16-15(17)9-11-20(16)12-10-19-14-7-5-13(18)6-8-14/h2-9,11,19H,10,12H2,1H3. The fraction of sp³-hybridized carbons (Fsp3) is 0.176. The van der Waals surface area contributed by atoms with Crippen LogP contribution in [0.25, 0.3) is 10.9 Å². The summed E-state index contributed by atoms with van der Waals surface area (Å²) in [4.78, 5) is 0. The maximum atomic E-state index is 5.39. The molecular weight excluding hydrogens is 328 g/mol. The Morgan fingerprint density at radius 1 is 1.10 bits per heavy atom. The second-order valence-electron chi connectivity index (χ2n) is 4.84. The van der Waals surface area contributed by atoms with Gasteiger partial charge in [0.05, 0.1) is 12.6 Å². The molecule has 1 N–H and O–H groups in total. The molecule has 0 unspecified atom stereocenters. The number of hydrogen-bond donors (Lipinski definition) is 1. The number of aromatic nitrogens is 1. The number of rotatable bonds is 5. The van der Waals surface area contributed by atoms with Crippen LogP contribution in [0.2, 0.25) is 0 Å². The predicted octanol–water partition coefficient (Wildman–Crippen LogP) is 4.52. The van der Waals surface area contributed by atoms with Crippen LogP contribution in [0, 0.1) is 0 Å². The van der Waals surface area contributed by atoms with Crippen molar-refractivity contribution in [2.75, 3.05) is 19.0 Å². The lowest BCUT2D eigenvalue weighted by Crippen LogP contribution is -2.09. The van der Waals surface area contributed by atoms with Gasteiger partial charge in [-0.05, 0) is 42.5 Å². The second kappa shape index (κ2) is 6.22. The summed E-state index contributed by atoms with van der Waals surface area (Å²) in [5, 5.41) is 4.59. The second-order valence-corrected chi connectivity index (χ2v) is 5.75. The summed E-state index contributed by atoms with van der Waals surface area (Å²) in [6.45, 7) is 1.79. The first kappa shape index (κ1) is 14.0. The molecule has 1 heterocycles. The number of benzene rings is 2. The Morgan fingerprint density at radius 3 is 2.67 bits per heavy atom. The van der Waals surface area contributed by atoms with E-state index in [1.54, 1.807) is 7.11 Å². The molecule has 2 aromatic carbocycles. The molecule has 0 aliphatic carbocycles. The van der Waals surface area contributed by atoms with E-state index in [-0.39, 0.29) is 0 Å². The molecule has 0 saturated carbocycles. The van der Waals surface area contributed by atoms with Gasteiger partial charge >= 0.3 is 0 Å². The number of anilines is 1. The molecule has 3 nitrogen and oxygen atoms in total. The first-order chi connectivity index (χ1) is 10.3. The Kier molecular flexibility index (Phi) is 4.15. The zero-order chi connectivity index (χ0) is 14.7. The van der Waals surface area contributed by atoms with Crippen LogP contribution in [-0.2, 0) is 6.54 Å². The molecule has 0 aliphatic heterocycles. The van der Waals surface area contributed by atoms with Gasteiger partial charge in [-0.2, -0.15) is 0 Å². The molecule has 3 rings (SSSR count). The van der Waals surface area contributed by atoms with Gasteiger partial charge in [-0.3, -0.25) is 0 Å². The average molecular weight is 345 g/mol. The van der Waals surface area contributed by atoms with Crippen LogP contribution in [0.1, 0.15) is 0 Å². The van der Waals surface area contributed by atoms with E-state index in [1.165, 1.54) is 5.52 Å². The van der Waals surface area contributed by atoms with Crippen LogP contribution in [-0.4, -0.2) is 18.2 Å². The van der Waals surface area contributed by atoms with E-state index in [1.807, 2.05) is 24.3 Å². The lowest BCUT2D eigenvalue weighted by Gasteiger charge is -2.09. The molecule has 0 radical (unpaired) electrons. The van der Waals surface area contributed by atoms with Crippen molar-refractivity contribution in [3.63, 3.8) is 0 Å².